The van der Waals surface area contributed by atoms with Gasteiger partial charge in [0.25, 0.3) is 0 Å². The van der Waals surface area contributed by atoms with Crippen LogP contribution in [0.4, 0.5) is 0 Å². The van der Waals surface area contributed by atoms with E-state index in [1.165, 1.54) is 18.4 Å². The van der Waals surface area contributed by atoms with Gasteiger partial charge in [0.05, 0.1) is 16.6 Å². The minimum atomic E-state index is -0.353. The van der Waals surface area contributed by atoms with Crippen LogP contribution in [-0.4, -0.2) is 9.55 Å². The summed E-state index contributed by atoms with van der Waals surface area (Å²) in [7, 11) is 0. The molecule has 1 aliphatic rings. The zero-order chi connectivity index (χ0) is 12.9. The summed E-state index contributed by atoms with van der Waals surface area (Å²) >= 11 is 3.51. The van der Waals surface area contributed by atoms with E-state index in [9.17, 15) is 0 Å². The van der Waals surface area contributed by atoms with Crippen molar-refractivity contribution in [2.24, 2.45) is 5.73 Å². The van der Waals surface area contributed by atoms with Crippen LogP contribution in [0.15, 0.2) is 22.7 Å². The van der Waals surface area contributed by atoms with Crippen molar-refractivity contribution in [3.05, 3.63) is 28.5 Å². The Hall–Kier alpha value is -0.870. The highest BCUT2D eigenvalue weighted by Crippen LogP contribution is 2.41. The number of rotatable bonds is 3. The minimum absolute atomic E-state index is 0.353. The van der Waals surface area contributed by atoms with Gasteiger partial charge in [-0.3, -0.25) is 0 Å². The summed E-state index contributed by atoms with van der Waals surface area (Å²) < 4.78 is 3.42. The maximum Gasteiger partial charge on any atom is 0.130 e. The number of benzene rings is 1. The van der Waals surface area contributed by atoms with E-state index in [0.29, 0.717) is 6.04 Å². The summed E-state index contributed by atoms with van der Waals surface area (Å²) in [5, 5.41) is 0. The molecule has 1 aliphatic carbocycles. The lowest BCUT2D eigenvalue weighted by atomic mass is 9.99. The first-order chi connectivity index (χ1) is 8.53. The molecule has 2 N–H and O–H groups in total. The molecule has 0 spiro atoms. The number of nitrogens with zero attached hydrogens (tertiary/aromatic N) is 2. The fraction of sp³-hybridized carbons (Fsp3) is 0.500. The van der Waals surface area contributed by atoms with Crippen LogP contribution < -0.4 is 5.73 Å². The summed E-state index contributed by atoms with van der Waals surface area (Å²) in [6.45, 7) is 4.19. The van der Waals surface area contributed by atoms with Gasteiger partial charge in [-0.15, -0.1) is 0 Å². The zero-order valence-corrected chi connectivity index (χ0v) is 12.4. The lowest BCUT2D eigenvalue weighted by molar-refractivity contribution is 0.424. The molecule has 1 fully saturated rings. The third-order valence-electron chi connectivity index (χ3n) is 3.81. The summed E-state index contributed by atoms with van der Waals surface area (Å²) in [6.07, 6.45) is 3.38. The predicted octanol–water partition coefficient (Wildman–Crippen LogP) is 3.72. The van der Waals surface area contributed by atoms with Crippen molar-refractivity contribution in [3.63, 3.8) is 0 Å². The van der Waals surface area contributed by atoms with E-state index in [1.54, 1.807) is 0 Å². The van der Waals surface area contributed by atoms with Gasteiger partial charge in [-0.05, 0) is 44.4 Å². The van der Waals surface area contributed by atoms with E-state index in [2.05, 4.69) is 52.5 Å². The van der Waals surface area contributed by atoms with Crippen molar-refractivity contribution < 1.29 is 0 Å². The molecule has 1 atom stereocenters. The van der Waals surface area contributed by atoms with Crippen LogP contribution in [0.1, 0.15) is 45.0 Å². The predicted molar refractivity (Wildman–Crippen MR) is 77.5 cm³/mol. The van der Waals surface area contributed by atoms with Crippen LogP contribution in [0.5, 0.6) is 0 Å². The maximum atomic E-state index is 6.41. The molecule has 0 radical (unpaired) electrons. The smallest absolute Gasteiger partial charge is 0.130 e. The Morgan fingerprint density at radius 1 is 1.50 bits per heavy atom. The highest BCUT2D eigenvalue weighted by Gasteiger charge is 2.34. The van der Waals surface area contributed by atoms with Crippen molar-refractivity contribution in [2.75, 3.05) is 0 Å². The largest absolute Gasteiger partial charge is 0.323 e. The third-order valence-corrected chi connectivity index (χ3v) is 4.30. The highest BCUT2D eigenvalue weighted by atomic mass is 79.9. The van der Waals surface area contributed by atoms with Crippen LogP contribution >= 0.6 is 15.9 Å². The number of fused-ring (bicyclic) bond motifs is 1. The SMILES string of the molecule is CCC(C)(N)c1nc2cc(Br)ccc2n1C1CC1. The van der Waals surface area contributed by atoms with E-state index in [-0.39, 0.29) is 5.54 Å². The molecular formula is C14H18BrN3. The molecule has 3 rings (SSSR count). The van der Waals surface area contributed by atoms with Crippen LogP contribution in [0.25, 0.3) is 11.0 Å². The van der Waals surface area contributed by atoms with Crippen LogP contribution in [0.3, 0.4) is 0 Å². The van der Waals surface area contributed by atoms with Crippen LogP contribution in [-0.2, 0) is 5.54 Å². The second-order valence-corrected chi connectivity index (χ2v) is 6.36. The number of halogens is 1. The first kappa shape index (κ1) is 12.2. The van der Waals surface area contributed by atoms with E-state index in [1.807, 2.05) is 0 Å². The average molecular weight is 308 g/mol. The van der Waals surface area contributed by atoms with E-state index >= 15 is 0 Å². The standard InChI is InChI=1S/C14H18BrN3/c1-3-14(2,16)13-17-11-8-9(15)4-7-12(11)18(13)10-5-6-10/h4,7-8,10H,3,5-6,16H2,1-2H3. The Labute approximate surface area is 116 Å². The molecule has 1 heterocycles. The fourth-order valence-electron chi connectivity index (χ4n) is 2.34. The van der Waals surface area contributed by atoms with E-state index in [4.69, 9.17) is 10.7 Å². The Balaban J connectivity index is 2.27. The first-order valence-corrected chi connectivity index (χ1v) is 7.29. The zero-order valence-electron chi connectivity index (χ0n) is 10.8. The number of imidazole rings is 1. The van der Waals surface area contributed by atoms with Gasteiger partial charge in [0, 0.05) is 10.5 Å². The van der Waals surface area contributed by atoms with Crippen molar-refractivity contribution in [3.8, 4) is 0 Å². The van der Waals surface area contributed by atoms with Crippen molar-refractivity contribution in [1.82, 2.24) is 9.55 Å². The quantitative estimate of drug-likeness (QED) is 0.939. The Kier molecular flexibility index (Phi) is 2.75. The van der Waals surface area contributed by atoms with Gasteiger partial charge < -0.3 is 10.3 Å². The first-order valence-electron chi connectivity index (χ1n) is 6.50. The molecule has 4 heteroatoms. The van der Waals surface area contributed by atoms with Gasteiger partial charge in [0.2, 0.25) is 0 Å². The molecule has 1 aromatic carbocycles. The molecule has 0 amide bonds. The van der Waals surface area contributed by atoms with Gasteiger partial charge in [0.15, 0.2) is 0 Å². The fourth-order valence-corrected chi connectivity index (χ4v) is 2.68. The molecular weight excluding hydrogens is 290 g/mol. The molecule has 96 valence electrons. The van der Waals surface area contributed by atoms with Crippen LogP contribution in [0, 0.1) is 0 Å². The molecule has 1 saturated carbocycles. The number of hydrogen-bond donors (Lipinski definition) is 1. The van der Waals surface area contributed by atoms with Crippen molar-refractivity contribution in [1.29, 1.82) is 0 Å². The second kappa shape index (κ2) is 4.07. The summed E-state index contributed by atoms with van der Waals surface area (Å²) in [6, 6.07) is 6.89. The molecule has 1 aromatic heterocycles. The molecule has 0 aliphatic heterocycles. The lowest BCUT2D eigenvalue weighted by Gasteiger charge is -2.23. The van der Waals surface area contributed by atoms with Gasteiger partial charge in [-0.25, -0.2) is 4.98 Å². The Morgan fingerprint density at radius 3 is 2.83 bits per heavy atom. The van der Waals surface area contributed by atoms with Gasteiger partial charge in [-0.2, -0.15) is 0 Å². The van der Waals surface area contributed by atoms with Gasteiger partial charge >= 0.3 is 0 Å². The molecule has 3 nitrogen and oxygen atoms in total. The Morgan fingerprint density at radius 2 is 2.22 bits per heavy atom. The summed E-state index contributed by atoms with van der Waals surface area (Å²) in [5.74, 6) is 1.03. The second-order valence-electron chi connectivity index (χ2n) is 5.44. The van der Waals surface area contributed by atoms with Crippen molar-refractivity contribution >= 4 is 27.0 Å². The van der Waals surface area contributed by atoms with Crippen LogP contribution in [0.2, 0.25) is 0 Å². The summed E-state index contributed by atoms with van der Waals surface area (Å²) in [5.41, 5.74) is 8.30. The monoisotopic (exact) mass is 307 g/mol. The Bertz CT molecular complexity index is 596. The molecule has 0 saturated heterocycles. The molecule has 1 unspecified atom stereocenters. The molecule has 0 bridgehead atoms. The lowest BCUT2D eigenvalue weighted by Crippen LogP contribution is -2.35. The normalized spacial score (nSPS) is 19.1. The van der Waals surface area contributed by atoms with Gasteiger partial charge in [0.1, 0.15) is 5.82 Å². The highest BCUT2D eigenvalue weighted by molar-refractivity contribution is 9.10. The summed E-state index contributed by atoms with van der Waals surface area (Å²) in [4.78, 5) is 4.79. The van der Waals surface area contributed by atoms with E-state index in [0.717, 1.165) is 22.2 Å². The van der Waals surface area contributed by atoms with E-state index < -0.39 is 0 Å². The molecule has 18 heavy (non-hydrogen) atoms. The maximum absolute atomic E-state index is 6.41. The van der Waals surface area contributed by atoms with Crippen molar-refractivity contribution in [2.45, 2.75) is 44.7 Å². The third kappa shape index (κ3) is 1.88. The number of hydrogen-bond acceptors (Lipinski definition) is 2. The average Bonchev–Trinajstić information content (AvgIpc) is 3.09. The minimum Gasteiger partial charge on any atom is -0.323 e. The van der Waals surface area contributed by atoms with Gasteiger partial charge in [-0.1, -0.05) is 22.9 Å². The topological polar surface area (TPSA) is 43.8 Å². The number of aromatic nitrogens is 2. The number of nitrogens with two attached hydrogens (primary N) is 1. The molecule has 2 aromatic rings.